The minimum atomic E-state index is 1.07. The van der Waals surface area contributed by atoms with Gasteiger partial charge in [-0.05, 0) is 77.8 Å². The van der Waals surface area contributed by atoms with Crippen molar-refractivity contribution in [2.75, 3.05) is 39.3 Å². The molecule has 0 N–H and O–H groups in total. The summed E-state index contributed by atoms with van der Waals surface area (Å²) in [6, 6.07) is 0. The highest BCUT2D eigenvalue weighted by Gasteiger charge is 2.07. The van der Waals surface area contributed by atoms with E-state index in [1.165, 1.54) is 90.6 Å². The van der Waals surface area contributed by atoms with E-state index in [0.29, 0.717) is 0 Å². The van der Waals surface area contributed by atoms with Crippen molar-refractivity contribution in [1.29, 1.82) is 0 Å². The van der Waals surface area contributed by atoms with E-state index in [4.69, 9.17) is 0 Å². The molecule has 0 saturated carbocycles. The predicted octanol–water partition coefficient (Wildman–Crippen LogP) is 4.31. The second-order valence-electron chi connectivity index (χ2n) is 7.22. The zero-order valence-electron chi connectivity index (χ0n) is 15.6. The molecule has 2 heterocycles. The first-order chi connectivity index (χ1) is 11.9. The van der Waals surface area contributed by atoms with Gasteiger partial charge in [0.25, 0.3) is 0 Å². The van der Waals surface area contributed by atoms with Gasteiger partial charge in [0.15, 0.2) is 0 Å². The van der Waals surface area contributed by atoms with Crippen LogP contribution in [0.15, 0.2) is 0 Å². The maximum absolute atomic E-state index is 3.40. The van der Waals surface area contributed by atoms with Crippen molar-refractivity contribution in [3.8, 4) is 23.7 Å². The van der Waals surface area contributed by atoms with Crippen molar-refractivity contribution in [2.24, 2.45) is 0 Å². The minimum absolute atomic E-state index is 1.07. The fourth-order valence-electron chi connectivity index (χ4n) is 3.61. The van der Waals surface area contributed by atoms with E-state index in [9.17, 15) is 0 Å². The quantitative estimate of drug-likeness (QED) is 0.612. The van der Waals surface area contributed by atoms with Gasteiger partial charge in [-0.1, -0.05) is 12.8 Å². The van der Waals surface area contributed by atoms with Crippen molar-refractivity contribution >= 4 is 0 Å². The van der Waals surface area contributed by atoms with Gasteiger partial charge in [0, 0.05) is 25.7 Å². The molecule has 2 heteroatoms. The zero-order valence-corrected chi connectivity index (χ0v) is 15.6. The molecule has 0 atom stereocenters. The van der Waals surface area contributed by atoms with Crippen LogP contribution in [0, 0.1) is 23.7 Å². The number of hydrogen-bond donors (Lipinski definition) is 0. The molecule has 0 aromatic carbocycles. The number of fused-ring (bicyclic) bond motifs is 7. The van der Waals surface area contributed by atoms with Crippen LogP contribution in [0.25, 0.3) is 0 Å². The minimum Gasteiger partial charge on any atom is -0.303 e. The third-order valence-corrected chi connectivity index (χ3v) is 5.05. The highest BCUT2D eigenvalue weighted by Crippen LogP contribution is 2.08. The molecule has 24 heavy (non-hydrogen) atoms. The Labute approximate surface area is 150 Å². The second kappa shape index (κ2) is 13.3. The number of nitrogens with zero attached hydrogens (tertiary/aromatic N) is 2. The summed E-state index contributed by atoms with van der Waals surface area (Å²) in [5.41, 5.74) is 0. The van der Waals surface area contributed by atoms with Gasteiger partial charge < -0.3 is 9.80 Å². The number of rotatable bonds is 0. The van der Waals surface area contributed by atoms with Gasteiger partial charge in [-0.15, -0.1) is 23.7 Å². The molecule has 0 amide bonds. The SMILES string of the molecule is C1#CCCCN2CCCC#CCCCN(CCC1)CCCCCC2. The van der Waals surface area contributed by atoms with E-state index < -0.39 is 0 Å². The third-order valence-electron chi connectivity index (χ3n) is 5.05. The highest BCUT2D eigenvalue weighted by atomic mass is 15.1. The van der Waals surface area contributed by atoms with Crippen molar-refractivity contribution in [3.63, 3.8) is 0 Å². The molecule has 0 saturated heterocycles. The van der Waals surface area contributed by atoms with Gasteiger partial charge in [0.05, 0.1) is 0 Å². The lowest BCUT2D eigenvalue weighted by atomic mass is 10.1. The Kier molecular flexibility index (Phi) is 10.8. The summed E-state index contributed by atoms with van der Waals surface area (Å²) in [6.07, 6.45) is 14.7. The lowest BCUT2D eigenvalue weighted by Gasteiger charge is -2.23. The third kappa shape index (κ3) is 9.36. The Balaban J connectivity index is 1.97. The molecule has 2 nitrogen and oxygen atoms in total. The van der Waals surface area contributed by atoms with Gasteiger partial charge in [0.1, 0.15) is 0 Å². The van der Waals surface area contributed by atoms with Crippen molar-refractivity contribution in [2.45, 2.75) is 77.0 Å². The van der Waals surface area contributed by atoms with E-state index in [0.717, 1.165) is 25.7 Å². The molecule has 2 aliphatic heterocycles. The van der Waals surface area contributed by atoms with Crippen LogP contribution in [-0.4, -0.2) is 49.1 Å². The van der Waals surface area contributed by atoms with Crippen LogP contribution in [0.5, 0.6) is 0 Å². The average molecular weight is 329 g/mol. The Morgan fingerprint density at radius 3 is 0.958 bits per heavy atom. The molecular formula is C22H36N2. The monoisotopic (exact) mass is 328 g/mol. The summed E-state index contributed by atoms with van der Waals surface area (Å²) in [6.45, 7) is 7.41. The molecule has 0 spiro atoms. The van der Waals surface area contributed by atoms with Gasteiger partial charge in [-0.2, -0.15) is 0 Å². The fraction of sp³-hybridized carbons (Fsp3) is 0.818. The van der Waals surface area contributed by atoms with Gasteiger partial charge in [0.2, 0.25) is 0 Å². The molecule has 0 aromatic rings. The Morgan fingerprint density at radius 2 is 0.625 bits per heavy atom. The fourth-order valence-corrected chi connectivity index (χ4v) is 3.61. The van der Waals surface area contributed by atoms with Crippen LogP contribution in [-0.2, 0) is 0 Å². The molecule has 0 unspecified atom stereocenters. The molecule has 0 aromatic heterocycles. The number of hydrogen-bond acceptors (Lipinski definition) is 2. The van der Waals surface area contributed by atoms with Crippen LogP contribution in [0.1, 0.15) is 77.0 Å². The lowest BCUT2D eigenvalue weighted by Crippen LogP contribution is -2.28. The normalized spacial score (nSPS) is 28.3. The molecule has 0 radical (unpaired) electrons. The van der Waals surface area contributed by atoms with Crippen LogP contribution >= 0.6 is 0 Å². The summed E-state index contributed by atoms with van der Waals surface area (Å²) in [4.78, 5) is 5.32. The Bertz CT molecular complexity index is 364. The van der Waals surface area contributed by atoms with E-state index in [1.54, 1.807) is 0 Å². The van der Waals surface area contributed by atoms with Gasteiger partial charge in [-0.25, -0.2) is 0 Å². The summed E-state index contributed by atoms with van der Waals surface area (Å²) in [7, 11) is 0. The van der Waals surface area contributed by atoms with Crippen molar-refractivity contribution < 1.29 is 0 Å². The second-order valence-corrected chi connectivity index (χ2v) is 7.22. The first-order valence-corrected chi connectivity index (χ1v) is 10.3. The van der Waals surface area contributed by atoms with Crippen molar-refractivity contribution in [3.05, 3.63) is 0 Å². The molecule has 0 fully saturated rings. The van der Waals surface area contributed by atoms with E-state index in [-0.39, 0.29) is 0 Å². The Hall–Kier alpha value is -0.960. The Morgan fingerprint density at radius 1 is 0.333 bits per heavy atom. The summed E-state index contributed by atoms with van der Waals surface area (Å²) >= 11 is 0. The zero-order chi connectivity index (χ0) is 16.7. The topological polar surface area (TPSA) is 6.48 Å². The smallest absolute Gasteiger partial charge is 0.0101 e. The van der Waals surface area contributed by atoms with Crippen LogP contribution in [0.2, 0.25) is 0 Å². The predicted molar refractivity (Wildman–Crippen MR) is 104 cm³/mol. The summed E-state index contributed by atoms with van der Waals surface area (Å²) < 4.78 is 0. The van der Waals surface area contributed by atoms with E-state index >= 15 is 0 Å². The van der Waals surface area contributed by atoms with Gasteiger partial charge in [-0.3, -0.25) is 0 Å². The van der Waals surface area contributed by atoms with E-state index in [2.05, 4.69) is 33.5 Å². The lowest BCUT2D eigenvalue weighted by molar-refractivity contribution is 0.251. The molecule has 2 aliphatic rings. The molecule has 134 valence electrons. The average Bonchev–Trinajstić information content (AvgIpc) is 2.58. The molecule has 2 bridgehead atoms. The maximum Gasteiger partial charge on any atom is 0.0101 e. The largest absolute Gasteiger partial charge is 0.303 e. The van der Waals surface area contributed by atoms with Crippen molar-refractivity contribution in [1.82, 2.24) is 9.80 Å². The van der Waals surface area contributed by atoms with E-state index in [1.807, 2.05) is 0 Å². The first-order valence-electron chi connectivity index (χ1n) is 10.3. The summed E-state index contributed by atoms with van der Waals surface area (Å²) in [5.74, 6) is 13.6. The highest BCUT2D eigenvalue weighted by molar-refractivity contribution is 5.00. The molecule has 0 aliphatic carbocycles. The van der Waals surface area contributed by atoms with Crippen LogP contribution in [0.4, 0.5) is 0 Å². The summed E-state index contributed by atoms with van der Waals surface area (Å²) in [5, 5.41) is 0. The first kappa shape index (κ1) is 19.4. The standard InChI is InChI=1S/C22H36N2/c1-2-6-12-18-24-20-14-8-4-3-7-13-19-23(17-11-5-1)21-15-9-10-16-22-24/h5-22H2. The van der Waals surface area contributed by atoms with Crippen LogP contribution < -0.4 is 0 Å². The maximum atomic E-state index is 3.40. The van der Waals surface area contributed by atoms with Crippen LogP contribution in [0.3, 0.4) is 0 Å². The molecular weight excluding hydrogens is 292 g/mol. The van der Waals surface area contributed by atoms with Gasteiger partial charge >= 0.3 is 0 Å². The molecule has 2 rings (SSSR count).